The highest BCUT2D eigenvalue weighted by molar-refractivity contribution is 5.96. The van der Waals surface area contributed by atoms with E-state index in [0.717, 1.165) is 27.8 Å². The second-order valence-electron chi connectivity index (χ2n) is 8.42. The van der Waals surface area contributed by atoms with E-state index in [1.165, 1.54) is 0 Å². The van der Waals surface area contributed by atoms with E-state index >= 15 is 0 Å². The SMILES string of the molecule is CC(=O)N1CCc2c(cn(Cc3ccccc3)c(=O)c2C(=O)N2Cc3ccncc3C2)C1. The first-order valence-electron chi connectivity index (χ1n) is 10.8. The molecule has 3 aromatic rings. The van der Waals surface area contributed by atoms with E-state index in [4.69, 9.17) is 0 Å². The van der Waals surface area contributed by atoms with Gasteiger partial charge >= 0.3 is 0 Å². The third-order valence-corrected chi connectivity index (χ3v) is 6.34. The van der Waals surface area contributed by atoms with Crippen LogP contribution in [0, 0.1) is 0 Å². The van der Waals surface area contributed by atoms with E-state index in [1.54, 1.807) is 33.7 Å². The van der Waals surface area contributed by atoms with Crippen molar-refractivity contribution in [2.75, 3.05) is 6.54 Å². The maximum atomic E-state index is 13.6. The molecule has 2 aromatic heterocycles. The highest BCUT2D eigenvalue weighted by Crippen LogP contribution is 2.26. The summed E-state index contributed by atoms with van der Waals surface area (Å²) in [6.07, 6.45) is 5.82. The predicted octanol–water partition coefficient (Wildman–Crippen LogP) is 2.35. The van der Waals surface area contributed by atoms with Gasteiger partial charge in [0.25, 0.3) is 11.5 Å². The van der Waals surface area contributed by atoms with Gasteiger partial charge in [0.15, 0.2) is 0 Å². The predicted molar refractivity (Wildman–Crippen MR) is 119 cm³/mol. The molecule has 2 aliphatic heterocycles. The Morgan fingerprint density at radius 1 is 0.969 bits per heavy atom. The average molecular weight is 428 g/mol. The molecular weight excluding hydrogens is 404 g/mol. The lowest BCUT2D eigenvalue weighted by Gasteiger charge is -2.30. The summed E-state index contributed by atoms with van der Waals surface area (Å²) >= 11 is 0. The van der Waals surface area contributed by atoms with Gasteiger partial charge in [0.2, 0.25) is 5.91 Å². The Labute approximate surface area is 185 Å². The molecule has 0 bridgehead atoms. The van der Waals surface area contributed by atoms with Gasteiger partial charge in [-0.2, -0.15) is 0 Å². The average Bonchev–Trinajstić information content (AvgIpc) is 3.24. The highest BCUT2D eigenvalue weighted by atomic mass is 16.2. The van der Waals surface area contributed by atoms with Gasteiger partial charge < -0.3 is 14.4 Å². The minimum atomic E-state index is -0.275. The molecule has 0 aliphatic carbocycles. The number of hydrogen-bond donors (Lipinski definition) is 0. The smallest absolute Gasteiger partial charge is 0.264 e. The van der Waals surface area contributed by atoms with Gasteiger partial charge in [0.1, 0.15) is 5.56 Å². The van der Waals surface area contributed by atoms with E-state index in [1.807, 2.05) is 42.6 Å². The van der Waals surface area contributed by atoms with Gasteiger partial charge in [0, 0.05) is 51.7 Å². The van der Waals surface area contributed by atoms with Crippen molar-refractivity contribution in [3.63, 3.8) is 0 Å². The minimum absolute atomic E-state index is 0.00757. The summed E-state index contributed by atoms with van der Waals surface area (Å²) in [5, 5.41) is 0. The number of fused-ring (bicyclic) bond motifs is 2. The quantitative estimate of drug-likeness (QED) is 0.642. The van der Waals surface area contributed by atoms with Crippen LogP contribution in [0.2, 0.25) is 0 Å². The van der Waals surface area contributed by atoms with Crippen LogP contribution in [0.4, 0.5) is 0 Å². The lowest BCUT2D eigenvalue weighted by molar-refractivity contribution is -0.129. The van der Waals surface area contributed by atoms with Crippen molar-refractivity contribution in [3.8, 4) is 0 Å². The Bertz CT molecular complexity index is 1240. The summed E-state index contributed by atoms with van der Waals surface area (Å²) in [6.45, 7) is 3.75. The largest absolute Gasteiger partial charge is 0.338 e. The van der Waals surface area contributed by atoms with Crippen molar-refractivity contribution in [1.29, 1.82) is 0 Å². The molecule has 0 saturated carbocycles. The minimum Gasteiger partial charge on any atom is -0.338 e. The van der Waals surface area contributed by atoms with Gasteiger partial charge in [-0.25, -0.2) is 0 Å². The first kappa shape index (κ1) is 20.2. The highest BCUT2D eigenvalue weighted by Gasteiger charge is 2.32. The Hall–Kier alpha value is -3.74. The summed E-state index contributed by atoms with van der Waals surface area (Å²) < 4.78 is 1.61. The van der Waals surface area contributed by atoms with Crippen molar-refractivity contribution in [2.24, 2.45) is 0 Å². The molecule has 32 heavy (non-hydrogen) atoms. The molecule has 0 saturated heterocycles. The Morgan fingerprint density at radius 2 is 1.72 bits per heavy atom. The van der Waals surface area contributed by atoms with Crippen LogP contribution in [0.5, 0.6) is 0 Å². The van der Waals surface area contributed by atoms with Gasteiger partial charge in [-0.15, -0.1) is 0 Å². The molecule has 5 rings (SSSR count). The van der Waals surface area contributed by atoms with Gasteiger partial charge in [0.05, 0.1) is 6.54 Å². The lowest BCUT2D eigenvalue weighted by atomic mass is 9.95. The van der Waals surface area contributed by atoms with Crippen molar-refractivity contribution < 1.29 is 9.59 Å². The van der Waals surface area contributed by atoms with Crippen LogP contribution in [-0.4, -0.2) is 37.7 Å². The van der Waals surface area contributed by atoms with E-state index in [0.29, 0.717) is 39.1 Å². The Kier molecular flexibility index (Phi) is 5.09. The first-order valence-corrected chi connectivity index (χ1v) is 10.8. The van der Waals surface area contributed by atoms with Crippen LogP contribution in [0.3, 0.4) is 0 Å². The van der Waals surface area contributed by atoms with Crippen molar-refractivity contribution in [2.45, 2.75) is 39.5 Å². The Morgan fingerprint density at radius 3 is 2.47 bits per heavy atom. The number of nitrogens with zero attached hydrogens (tertiary/aromatic N) is 4. The summed E-state index contributed by atoms with van der Waals surface area (Å²) in [6, 6.07) is 11.6. The molecule has 0 radical (unpaired) electrons. The fourth-order valence-corrected chi connectivity index (χ4v) is 4.62. The van der Waals surface area contributed by atoms with Crippen LogP contribution in [0.1, 0.15) is 45.1 Å². The number of aromatic nitrogens is 2. The fourth-order valence-electron chi connectivity index (χ4n) is 4.62. The summed E-state index contributed by atoms with van der Waals surface area (Å²) in [5.41, 5.74) is 4.65. The third-order valence-electron chi connectivity index (χ3n) is 6.34. The van der Waals surface area contributed by atoms with Crippen LogP contribution in [0.15, 0.2) is 59.8 Å². The third kappa shape index (κ3) is 3.60. The Balaban J connectivity index is 1.57. The van der Waals surface area contributed by atoms with E-state index in [2.05, 4.69) is 4.98 Å². The van der Waals surface area contributed by atoms with Gasteiger partial charge in [-0.05, 0) is 40.3 Å². The number of hydrogen-bond acceptors (Lipinski definition) is 4. The lowest BCUT2D eigenvalue weighted by Crippen LogP contribution is -2.41. The van der Waals surface area contributed by atoms with Crippen LogP contribution in [-0.2, 0) is 37.4 Å². The molecule has 0 fully saturated rings. The summed E-state index contributed by atoms with van der Waals surface area (Å²) in [4.78, 5) is 46.8. The van der Waals surface area contributed by atoms with Gasteiger partial charge in [-0.1, -0.05) is 30.3 Å². The number of pyridine rings is 2. The molecule has 2 aliphatic rings. The molecule has 0 spiro atoms. The van der Waals surface area contributed by atoms with Crippen LogP contribution in [0.25, 0.3) is 0 Å². The first-order chi connectivity index (χ1) is 15.5. The van der Waals surface area contributed by atoms with E-state index < -0.39 is 0 Å². The number of benzene rings is 1. The van der Waals surface area contributed by atoms with E-state index in [-0.39, 0.29) is 22.9 Å². The van der Waals surface area contributed by atoms with Crippen molar-refractivity contribution in [1.82, 2.24) is 19.4 Å². The summed E-state index contributed by atoms with van der Waals surface area (Å²) in [7, 11) is 0. The van der Waals surface area contributed by atoms with E-state index in [9.17, 15) is 14.4 Å². The molecule has 0 unspecified atom stereocenters. The van der Waals surface area contributed by atoms with Crippen LogP contribution < -0.4 is 5.56 Å². The van der Waals surface area contributed by atoms with Crippen molar-refractivity contribution in [3.05, 3.63) is 98.7 Å². The maximum absolute atomic E-state index is 13.6. The number of amides is 2. The van der Waals surface area contributed by atoms with Crippen molar-refractivity contribution >= 4 is 11.8 Å². The fraction of sp³-hybridized carbons (Fsp3) is 0.280. The zero-order valence-electron chi connectivity index (χ0n) is 18.0. The normalized spacial score (nSPS) is 14.8. The maximum Gasteiger partial charge on any atom is 0.264 e. The molecule has 2 amide bonds. The monoisotopic (exact) mass is 428 g/mol. The molecule has 7 heteroatoms. The molecular formula is C25H24N4O3. The second-order valence-corrected chi connectivity index (χ2v) is 8.42. The number of carbonyl (C=O) groups is 2. The molecule has 162 valence electrons. The van der Waals surface area contributed by atoms with Crippen LogP contribution >= 0.6 is 0 Å². The topological polar surface area (TPSA) is 75.5 Å². The molecule has 4 heterocycles. The zero-order chi connectivity index (χ0) is 22.2. The van der Waals surface area contributed by atoms with Gasteiger partial charge in [-0.3, -0.25) is 19.4 Å². The zero-order valence-corrected chi connectivity index (χ0v) is 18.0. The number of rotatable bonds is 3. The number of carbonyl (C=O) groups excluding carboxylic acids is 2. The molecule has 0 atom stereocenters. The summed E-state index contributed by atoms with van der Waals surface area (Å²) in [5.74, 6) is -0.257. The molecule has 1 aromatic carbocycles. The second kappa shape index (κ2) is 8.07. The standard InChI is InChI=1S/C25H24N4O3/c1-17(30)27-10-8-22-21(15-27)16-28(12-18-5-3-2-4-6-18)24(31)23(22)25(32)29-13-19-7-9-26-11-20(19)14-29/h2-7,9,11,16H,8,10,12-15H2,1H3. The molecule has 7 nitrogen and oxygen atoms in total. The molecule has 0 N–H and O–H groups in total.